The third-order valence-corrected chi connectivity index (χ3v) is 5.49. The van der Waals surface area contributed by atoms with Crippen molar-refractivity contribution >= 4 is 23.2 Å². The molecule has 0 aliphatic heterocycles. The van der Waals surface area contributed by atoms with Crippen molar-refractivity contribution in [3.8, 4) is 0 Å². The maximum atomic E-state index is 12.5. The van der Waals surface area contributed by atoms with Gasteiger partial charge in [0.05, 0.1) is 5.56 Å². The van der Waals surface area contributed by atoms with Crippen molar-refractivity contribution in [1.82, 2.24) is 4.90 Å². The fourth-order valence-corrected chi connectivity index (χ4v) is 4.02. The SMILES string of the molecule is Cc1ccsc1[C@H]1C[C@@H]1C(=O)N(C)Cc1ccc(C(=O)O)cc1. The third kappa shape index (κ3) is 3.29. The molecule has 0 spiro atoms. The maximum Gasteiger partial charge on any atom is 0.335 e. The zero-order chi connectivity index (χ0) is 16.6. The van der Waals surface area contributed by atoms with Crippen LogP contribution >= 0.6 is 11.3 Å². The zero-order valence-corrected chi connectivity index (χ0v) is 14.0. The Bertz CT molecular complexity index is 735. The second kappa shape index (κ2) is 6.16. The Hall–Kier alpha value is -2.14. The van der Waals surface area contributed by atoms with Crippen molar-refractivity contribution in [2.45, 2.75) is 25.8 Å². The summed E-state index contributed by atoms with van der Waals surface area (Å²) in [5, 5.41) is 11.0. The fourth-order valence-electron chi connectivity index (χ4n) is 2.91. The molecule has 3 rings (SSSR count). The number of carbonyl (C=O) groups is 2. The second-order valence-corrected chi connectivity index (χ2v) is 7.06. The van der Waals surface area contributed by atoms with E-state index in [1.54, 1.807) is 40.5 Å². The first-order chi connectivity index (χ1) is 11.0. The van der Waals surface area contributed by atoms with Gasteiger partial charge in [0.15, 0.2) is 0 Å². The van der Waals surface area contributed by atoms with Crippen molar-refractivity contribution in [3.05, 3.63) is 57.3 Å². The lowest BCUT2D eigenvalue weighted by Crippen LogP contribution is -2.28. The minimum atomic E-state index is -0.937. The number of rotatable bonds is 5. The highest BCUT2D eigenvalue weighted by molar-refractivity contribution is 7.10. The molecule has 2 atom stereocenters. The van der Waals surface area contributed by atoms with E-state index in [2.05, 4.69) is 18.4 Å². The maximum absolute atomic E-state index is 12.5. The average molecular weight is 329 g/mol. The summed E-state index contributed by atoms with van der Waals surface area (Å²) in [7, 11) is 1.81. The molecule has 1 N–H and O–H groups in total. The number of benzene rings is 1. The summed E-state index contributed by atoms with van der Waals surface area (Å²) >= 11 is 1.73. The molecule has 0 unspecified atom stereocenters. The summed E-state index contributed by atoms with van der Waals surface area (Å²) < 4.78 is 0. The molecular formula is C18H19NO3S. The molecule has 1 aromatic carbocycles. The van der Waals surface area contributed by atoms with E-state index in [4.69, 9.17) is 5.11 Å². The molecule has 0 bridgehead atoms. The van der Waals surface area contributed by atoms with Gasteiger partial charge in [-0.25, -0.2) is 4.79 Å². The van der Waals surface area contributed by atoms with Crippen LogP contribution in [0.2, 0.25) is 0 Å². The van der Waals surface area contributed by atoms with Crippen molar-refractivity contribution in [2.24, 2.45) is 5.92 Å². The van der Waals surface area contributed by atoms with Gasteiger partial charge in [-0.3, -0.25) is 4.79 Å². The van der Waals surface area contributed by atoms with Crippen LogP contribution in [0.15, 0.2) is 35.7 Å². The summed E-state index contributed by atoms with van der Waals surface area (Å²) in [5.74, 6) is -0.298. The van der Waals surface area contributed by atoms with Crippen LogP contribution in [0.5, 0.6) is 0 Å². The molecular weight excluding hydrogens is 310 g/mol. The van der Waals surface area contributed by atoms with Crippen molar-refractivity contribution in [3.63, 3.8) is 0 Å². The number of thiophene rings is 1. The summed E-state index contributed by atoms with van der Waals surface area (Å²) in [6.45, 7) is 2.60. The summed E-state index contributed by atoms with van der Waals surface area (Å²) in [4.78, 5) is 26.5. The fraction of sp³-hybridized carbons (Fsp3) is 0.333. The van der Waals surface area contributed by atoms with E-state index in [-0.39, 0.29) is 17.4 Å². The molecule has 23 heavy (non-hydrogen) atoms. The highest BCUT2D eigenvalue weighted by Gasteiger charge is 2.46. The normalized spacial score (nSPS) is 19.4. The monoisotopic (exact) mass is 329 g/mol. The number of aryl methyl sites for hydroxylation is 1. The number of aromatic carboxylic acids is 1. The molecule has 0 saturated heterocycles. The highest BCUT2D eigenvalue weighted by Crippen LogP contribution is 2.51. The first-order valence-electron chi connectivity index (χ1n) is 7.58. The third-order valence-electron chi connectivity index (χ3n) is 4.34. The van der Waals surface area contributed by atoms with Crippen LogP contribution in [0.25, 0.3) is 0 Å². The molecule has 4 nitrogen and oxygen atoms in total. The summed E-state index contributed by atoms with van der Waals surface area (Å²) in [6, 6.07) is 8.78. The standard InChI is InChI=1S/C18H19NO3S/c1-11-7-8-23-16(11)14-9-15(14)17(20)19(2)10-12-3-5-13(6-4-12)18(21)22/h3-8,14-15H,9-10H2,1-2H3,(H,21,22)/t14-,15-/m0/s1. The average Bonchev–Trinajstić information content (AvgIpc) is 3.21. The van der Waals surface area contributed by atoms with Gasteiger partial charge in [0.25, 0.3) is 0 Å². The lowest BCUT2D eigenvalue weighted by atomic mass is 10.1. The van der Waals surface area contributed by atoms with Crippen LogP contribution < -0.4 is 0 Å². The lowest BCUT2D eigenvalue weighted by Gasteiger charge is -2.17. The van der Waals surface area contributed by atoms with E-state index in [0.29, 0.717) is 12.5 Å². The van der Waals surface area contributed by atoms with E-state index in [1.165, 1.54) is 10.4 Å². The van der Waals surface area contributed by atoms with Gasteiger partial charge in [0.1, 0.15) is 0 Å². The van der Waals surface area contributed by atoms with Crippen molar-refractivity contribution in [1.29, 1.82) is 0 Å². The summed E-state index contributed by atoms with van der Waals surface area (Å²) in [6.07, 6.45) is 0.933. The van der Waals surface area contributed by atoms with Gasteiger partial charge in [0.2, 0.25) is 5.91 Å². The smallest absolute Gasteiger partial charge is 0.335 e. The topological polar surface area (TPSA) is 57.6 Å². The Balaban J connectivity index is 1.60. The molecule has 120 valence electrons. The first kappa shape index (κ1) is 15.7. The van der Waals surface area contributed by atoms with Crippen molar-refractivity contribution < 1.29 is 14.7 Å². The number of carbonyl (C=O) groups excluding carboxylic acids is 1. The Morgan fingerprint density at radius 3 is 2.52 bits per heavy atom. The second-order valence-electron chi connectivity index (χ2n) is 6.11. The van der Waals surface area contributed by atoms with E-state index in [1.807, 2.05) is 7.05 Å². The van der Waals surface area contributed by atoms with Gasteiger partial charge in [-0.15, -0.1) is 11.3 Å². The van der Waals surface area contributed by atoms with Gasteiger partial charge in [-0.2, -0.15) is 0 Å². The number of carboxylic acid groups (broad SMARTS) is 1. The molecule has 2 aromatic rings. The van der Waals surface area contributed by atoms with E-state index in [0.717, 1.165) is 12.0 Å². The number of amides is 1. The molecule has 1 aliphatic carbocycles. The highest BCUT2D eigenvalue weighted by atomic mass is 32.1. The van der Waals surface area contributed by atoms with Crippen LogP contribution in [0.1, 0.15) is 38.7 Å². The molecule has 1 fully saturated rings. The minimum Gasteiger partial charge on any atom is -0.478 e. The Kier molecular flexibility index (Phi) is 4.22. The van der Waals surface area contributed by atoms with Gasteiger partial charge in [0, 0.05) is 30.3 Å². The van der Waals surface area contributed by atoms with Crippen LogP contribution in [0.3, 0.4) is 0 Å². The Morgan fingerprint density at radius 2 is 1.96 bits per heavy atom. The molecule has 0 radical (unpaired) electrons. The first-order valence-corrected chi connectivity index (χ1v) is 8.46. The molecule has 1 amide bonds. The molecule has 1 saturated carbocycles. The minimum absolute atomic E-state index is 0.0932. The number of hydrogen-bond acceptors (Lipinski definition) is 3. The zero-order valence-electron chi connectivity index (χ0n) is 13.2. The van der Waals surface area contributed by atoms with Crippen molar-refractivity contribution in [2.75, 3.05) is 7.05 Å². The molecule has 1 aromatic heterocycles. The van der Waals surface area contributed by atoms with Gasteiger partial charge in [-0.05, 0) is 48.1 Å². The Labute approximate surface area is 139 Å². The number of hydrogen-bond donors (Lipinski definition) is 1. The predicted molar refractivity (Wildman–Crippen MR) is 89.8 cm³/mol. The molecule has 1 aliphatic rings. The predicted octanol–water partition coefficient (Wildman–Crippen LogP) is 3.52. The molecule has 5 heteroatoms. The van der Waals surface area contributed by atoms with Gasteiger partial charge < -0.3 is 10.0 Å². The number of carboxylic acids is 1. The van der Waals surface area contributed by atoms with Gasteiger partial charge in [-0.1, -0.05) is 12.1 Å². The van der Waals surface area contributed by atoms with Gasteiger partial charge >= 0.3 is 5.97 Å². The van der Waals surface area contributed by atoms with Crippen LogP contribution in [-0.4, -0.2) is 28.9 Å². The van der Waals surface area contributed by atoms with E-state index < -0.39 is 5.97 Å². The van der Waals surface area contributed by atoms with E-state index >= 15 is 0 Å². The van der Waals surface area contributed by atoms with Crippen LogP contribution in [0.4, 0.5) is 0 Å². The summed E-state index contributed by atoms with van der Waals surface area (Å²) in [5.41, 5.74) is 2.48. The largest absolute Gasteiger partial charge is 0.478 e. The van der Waals surface area contributed by atoms with E-state index in [9.17, 15) is 9.59 Å². The van der Waals surface area contributed by atoms with Crippen LogP contribution in [0, 0.1) is 12.8 Å². The quantitative estimate of drug-likeness (QED) is 0.913. The Morgan fingerprint density at radius 1 is 1.26 bits per heavy atom. The van der Waals surface area contributed by atoms with Crippen LogP contribution in [-0.2, 0) is 11.3 Å². The number of nitrogens with zero attached hydrogens (tertiary/aromatic N) is 1. The lowest BCUT2D eigenvalue weighted by molar-refractivity contribution is -0.131. The molecule has 1 heterocycles.